The molecule has 0 aliphatic rings. The summed E-state index contributed by atoms with van der Waals surface area (Å²) < 4.78 is 0. The van der Waals surface area contributed by atoms with Crippen molar-refractivity contribution in [2.75, 3.05) is 33.7 Å². The van der Waals surface area contributed by atoms with Gasteiger partial charge in [0.2, 0.25) is 0 Å². The van der Waals surface area contributed by atoms with E-state index in [4.69, 9.17) is 5.11 Å². The molecule has 0 aliphatic heterocycles. The standard InChI is InChI=1S/C14H29N3O3/c1-13(2,3)17(8-11(18)19)12(20)15-9-14(4,5)10-16(6)7/h8-10H2,1-7H3,(H,15,20)(H,18,19). The molecule has 0 saturated carbocycles. The van der Waals surface area contributed by atoms with Crippen molar-refractivity contribution in [2.45, 2.75) is 40.2 Å². The molecular formula is C14H29N3O3. The molecular weight excluding hydrogens is 258 g/mol. The molecule has 6 heteroatoms. The van der Waals surface area contributed by atoms with Gasteiger partial charge in [-0.2, -0.15) is 0 Å². The van der Waals surface area contributed by atoms with E-state index in [-0.39, 0.29) is 18.0 Å². The van der Waals surface area contributed by atoms with E-state index in [1.165, 1.54) is 4.90 Å². The molecule has 0 spiro atoms. The fraction of sp³-hybridized carbons (Fsp3) is 0.857. The third kappa shape index (κ3) is 7.33. The highest BCUT2D eigenvalue weighted by atomic mass is 16.4. The van der Waals surface area contributed by atoms with Crippen molar-refractivity contribution < 1.29 is 14.7 Å². The second-order valence-electron chi connectivity index (χ2n) is 7.21. The Morgan fingerprint density at radius 3 is 1.95 bits per heavy atom. The Morgan fingerprint density at radius 2 is 1.60 bits per heavy atom. The van der Waals surface area contributed by atoms with E-state index in [0.29, 0.717) is 6.54 Å². The van der Waals surface area contributed by atoms with Crippen LogP contribution >= 0.6 is 0 Å². The maximum Gasteiger partial charge on any atom is 0.323 e. The SMILES string of the molecule is CN(C)CC(C)(C)CNC(=O)N(CC(=O)O)C(C)(C)C. The monoisotopic (exact) mass is 287 g/mol. The zero-order chi connectivity index (χ0) is 16.1. The second-order valence-corrected chi connectivity index (χ2v) is 7.21. The molecule has 0 heterocycles. The maximum absolute atomic E-state index is 12.2. The lowest BCUT2D eigenvalue weighted by atomic mass is 9.93. The Hall–Kier alpha value is -1.30. The van der Waals surface area contributed by atoms with Crippen LogP contribution in [0.25, 0.3) is 0 Å². The van der Waals surface area contributed by atoms with Crippen molar-refractivity contribution in [3.8, 4) is 0 Å². The molecule has 0 aromatic carbocycles. The van der Waals surface area contributed by atoms with E-state index in [2.05, 4.69) is 24.1 Å². The Morgan fingerprint density at radius 1 is 1.10 bits per heavy atom. The summed E-state index contributed by atoms with van der Waals surface area (Å²) in [5.41, 5.74) is -0.611. The number of rotatable bonds is 6. The van der Waals surface area contributed by atoms with Gasteiger partial charge < -0.3 is 20.2 Å². The molecule has 0 bridgehead atoms. The number of amides is 2. The van der Waals surface area contributed by atoms with Gasteiger partial charge in [-0.15, -0.1) is 0 Å². The van der Waals surface area contributed by atoms with Crippen LogP contribution in [0.4, 0.5) is 4.79 Å². The summed E-state index contributed by atoms with van der Waals surface area (Å²) in [4.78, 5) is 26.5. The second kappa shape index (κ2) is 6.92. The molecule has 2 N–H and O–H groups in total. The largest absolute Gasteiger partial charge is 0.480 e. The summed E-state index contributed by atoms with van der Waals surface area (Å²) in [6.45, 7) is 10.6. The van der Waals surface area contributed by atoms with Gasteiger partial charge in [0.25, 0.3) is 0 Å². The molecule has 0 unspecified atom stereocenters. The highest BCUT2D eigenvalue weighted by Crippen LogP contribution is 2.16. The molecule has 0 aromatic heterocycles. The van der Waals surface area contributed by atoms with E-state index >= 15 is 0 Å². The quantitative estimate of drug-likeness (QED) is 0.776. The summed E-state index contributed by atoms with van der Waals surface area (Å²) in [7, 11) is 3.96. The number of hydrogen-bond donors (Lipinski definition) is 2. The van der Waals surface area contributed by atoms with Crippen LogP contribution in [0.5, 0.6) is 0 Å². The summed E-state index contributed by atoms with van der Waals surface area (Å²) in [5.74, 6) is -1.01. The lowest BCUT2D eigenvalue weighted by Crippen LogP contribution is -2.54. The van der Waals surface area contributed by atoms with E-state index in [0.717, 1.165) is 6.54 Å². The first-order chi connectivity index (χ1) is 8.85. The number of aliphatic carboxylic acids is 1. The van der Waals surface area contributed by atoms with E-state index < -0.39 is 11.5 Å². The van der Waals surface area contributed by atoms with Crippen LogP contribution < -0.4 is 5.32 Å². The summed E-state index contributed by atoms with van der Waals surface area (Å²) >= 11 is 0. The van der Waals surface area contributed by atoms with E-state index in [9.17, 15) is 9.59 Å². The Labute approximate surface area is 122 Å². The molecule has 6 nitrogen and oxygen atoms in total. The first-order valence-corrected chi connectivity index (χ1v) is 6.77. The zero-order valence-electron chi connectivity index (χ0n) is 13.8. The van der Waals surface area contributed by atoms with Gasteiger partial charge in [-0.1, -0.05) is 13.8 Å². The van der Waals surface area contributed by atoms with E-state index in [1.807, 2.05) is 34.9 Å². The number of carboxylic acid groups (broad SMARTS) is 1. The van der Waals surface area contributed by atoms with Crippen LogP contribution in [0, 0.1) is 5.41 Å². The Balaban J connectivity index is 4.66. The summed E-state index contributed by atoms with van der Waals surface area (Å²) in [5, 5.41) is 11.8. The lowest BCUT2D eigenvalue weighted by molar-refractivity contribution is -0.138. The summed E-state index contributed by atoms with van der Waals surface area (Å²) in [6, 6.07) is -0.341. The molecule has 0 rings (SSSR count). The van der Waals surface area contributed by atoms with Gasteiger partial charge in [0.15, 0.2) is 0 Å². The predicted molar refractivity (Wildman–Crippen MR) is 79.8 cm³/mol. The van der Waals surface area contributed by atoms with Gasteiger partial charge in [0.1, 0.15) is 6.54 Å². The van der Waals surface area contributed by atoms with Gasteiger partial charge in [-0.3, -0.25) is 4.79 Å². The van der Waals surface area contributed by atoms with Crippen LogP contribution in [-0.4, -0.2) is 66.2 Å². The summed E-state index contributed by atoms with van der Waals surface area (Å²) in [6.07, 6.45) is 0. The first-order valence-electron chi connectivity index (χ1n) is 6.77. The fourth-order valence-corrected chi connectivity index (χ4v) is 2.07. The molecule has 118 valence electrons. The number of nitrogens with one attached hydrogen (secondary N) is 1. The van der Waals surface area contributed by atoms with Crippen LogP contribution in [-0.2, 0) is 4.79 Å². The predicted octanol–water partition coefficient (Wildman–Crippen LogP) is 1.47. The molecule has 0 saturated heterocycles. The van der Waals surface area contributed by atoms with Crippen LogP contribution in [0.15, 0.2) is 0 Å². The number of nitrogens with zero attached hydrogens (tertiary/aromatic N) is 2. The molecule has 2 amide bonds. The van der Waals surface area contributed by atoms with Crippen molar-refractivity contribution in [1.29, 1.82) is 0 Å². The van der Waals surface area contributed by atoms with Crippen molar-refractivity contribution in [1.82, 2.24) is 15.1 Å². The number of carbonyl (C=O) groups is 2. The average Bonchev–Trinajstić information content (AvgIpc) is 2.19. The van der Waals surface area contributed by atoms with Gasteiger partial charge in [-0.25, -0.2) is 4.79 Å². The molecule has 20 heavy (non-hydrogen) atoms. The Kier molecular flexibility index (Phi) is 6.47. The molecule has 0 aliphatic carbocycles. The van der Waals surface area contributed by atoms with Crippen LogP contribution in [0.2, 0.25) is 0 Å². The zero-order valence-corrected chi connectivity index (χ0v) is 13.8. The van der Waals surface area contributed by atoms with Gasteiger partial charge in [0.05, 0.1) is 0 Å². The van der Waals surface area contributed by atoms with Crippen LogP contribution in [0.1, 0.15) is 34.6 Å². The molecule has 0 atom stereocenters. The number of carboxylic acids is 1. The van der Waals surface area contributed by atoms with Crippen LogP contribution in [0.3, 0.4) is 0 Å². The first kappa shape index (κ1) is 18.7. The lowest BCUT2D eigenvalue weighted by Gasteiger charge is -2.36. The van der Waals surface area contributed by atoms with E-state index in [1.54, 1.807) is 0 Å². The van der Waals surface area contributed by atoms with Crippen molar-refractivity contribution in [3.63, 3.8) is 0 Å². The minimum absolute atomic E-state index is 0.0774. The third-order valence-corrected chi connectivity index (χ3v) is 2.81. The van der Waals surface area contributed by atoms with Crippen molar-refractivity contribution in [3.05, 3.63) is 0 Å². The number of urea groups is 1. The smallest absolute Gasteiger partial charge is 0.323 e. The third-order valence-electron chi connectivity index (χ3n) is 2.81. The van der Waals surface area contributed by atoms with Crippen molar-refractivity contribution >= 4 is 12.0 Å². The fourth-order valence-electron chi connectivity index (χ4n) is 2.07. The van der Waals surface area contributed by atoms with Gasteiger partial charge in [-0.05, 0) is 40.3 Å². The minimum Gasteiger partial charge on any atom is -0.480 e. The van der Waals surface area contributed by atoms with Crippen molar-refractivity contribution in [2.24, 2.45) is 5.41 Å². The Bertz CT molecular complexity index is 346. The topological polar surface area (TPSA) is 72.9 Å². The molecule has 0 radical (unpaired) electrons. The van der Waals surface area contributed by atoms with Gasteiger partial charge >= 0.3 is 12.0 Å². The van der Waals surface area contributed by atoms with Gasteiger partial charge in [0, 0.05) is 18.6 Å². The highest BCUT2D eigenvalue weighted by Gasteiger charge is 2.29. The minimum atomic E-state index is -1.01. The number of hydrogen-bond acceptors (Lipinski definition) is 3. The normalized spacial score (nSPS) is 12.4. The highest BCUT2D eigenvalue weighted by molar-refractivity contribution is 5.80. The molecule has 0 fully saturated rings. The maximum atomic E-state index is 12.2. The molecule has 0 aromatic rings. The number of carbonyl (C=O) groups excluding carboxylic acids is 1. The average molecular weight is 287 g/mol.